The number of methoxy groups -OCH3 is 1. The van der Waals surface area contributed by atoms with Crippen LogP contribution in [-0.2, 0) is 26.2 Å². The van der Waals surface area contributed by atoms with Gasteiger partial charge in [-0.1, -0.05) is 24.3 Å². The van der Waals surface area contributed by atoms with E-state index >= 15 is 0 Å². The number of nitrogens with one attached hydrogen (secondary N) is 1. The summed E-state index contributed by atoms with van der Waals surface area (Å²) in [7, 11) is -2.62. The zero-order valence-electron chi connectivity index (χ0n) is 19.9. The number of fused-ring (bicyclic) bond motifs is 1. The maximum absolute atomic E-state index is 13.4. The standard InChI is InChI=1S/C24H29N3O6S/c1-16(22(29)25-24(2,3)4)26(14-17-10-12-18(33-5)13-11-17)21(28)15-27-23(30)19-8-6-7-9-20(19)34(27,31)32/h6-13,16H,14-15H2,1-5H3,(H,25,29)/t16-/m1/s1. The predicted molar refractivity (Wildman–Crippen MR) is 126 cm³/mol. The van der Waals surface area contributed by atoms with Gasteiger partial charge in [-0.2, -0.15) is 0 Å². The Morgan fingerprint density at radius 2 is 1.71 bits per heavy atom. The molecular weight excluding hydrogens is 458 g/mol. The van der Waals surface area contributed by atoms with Gasteiger partial charge in [0.25, 0.3) is 15.9 Å². The Bertz CT molecular complexity index is 1200. The second-order valence-electron chi connectivity index (χ2n) is 9.10. The van der Waals surface area contributed by atoms with Crippen molar-refractivity contribution in [1.82, 2.24) is 14.5 Å². The Balaban J connectivity index is 1.89. The van der Waals surface area contributed by atoms with Gasteiger partial charge in [-0.05, 0) is 57.5 Å². The van der Waals surface area contributed by atoms with Crippen molar-refractivity contribution in [2.24, 2.45) is 0 Å². The molecule has 1 aliphatic rings. The molecule has 0 aliphatic carbocycles. The highest BCUT2D eigenvalue weighted by Crippen LogP contribution is 2.30. The normalized spacial score (nSPS) is 15.4. The lowest BCUT2D eigenvalue weighted by Gasteiger charge is -2.32. The molecule has 182 valence electrons. The van der Waals surface area contributed by atoms with E-state index in [9.17, 15) is 22.8 Å². The minimum atomic E-state index is -4.16. The summed E-state index contributed by atoms with van der Waals surface area (Å²) in [6, 6.07) is 11.9. The van der Waals surface area contributed by atoms with E-state index in [1.807, 2.05) is 20.8 Å². The van der Waals surface area contributed by atoms with Crippen LogP contribution in [0.3, 0.4) is 0 Å². The molecule has 0 radical (unpaired) electrons. The highest BCUT2D eigenvalue weighted by Gasteiger charge is 2.43. The highest BCUT2D eigenvalue weighted by atomic mass is 32.2. The van der Waals surface area contributed by atoms with Gasteiger partial charge in [-0.25, -0.2) is 12.7 Å². The van der Waals surface area contributed by atoms with Gasteiger partial charge in [0.15, 0.2) is 0 Å². The quantitative estimate of drug-likeness (QED) is 0.641. The lowest BCUT2D eigenvalue weighted by Crippen LogP contribution is -2.54. The van der Waals surface area contributed by atoms with Gasteiger partial charge in [-0.15, -0.1) is 0 Å². The van der Waals surface area contributed by atoms with Gasteiger partial charge in [0, 0.05) is 12.1 Å². The number of hydrogen-bond acceptors (Lipinski definition) is 6. The van der Waals surface area contributed by atoms with Crippen LogP contribution in [0.25, 0.3) is 0 Å². The Labute approximate surface area is 199 Å². The first-order valence-corrected chi connectivity index (χ1v) is 12.2. The summed E-state index contributed by atoms with van der Waals surface area (Å²) in [4.78, 5) is 40.2. The van der Waals surface area contributed by atoms with Crippen LogP contribution in [0.2, 0.25) is 0 Å². The molecule has 3 rings (SSSR count). The number of rotatable bonds is 7. The lowest BCUT2D eigenvalue weighted by atomic mass is 10.1. The summed E-state index contributed by atoms with van der Waals surface area (Å²) in [6.07, 6.45) is 0. The van der Waals surface area contributed by atoms with E-state index in [1.165, 1.54) is 30.2 Å². The second-order valence-corrected chi connectivity index (χ2v) is 10.9. The smallest absolute Gasteiger partial charge is 0.269 e. The first-order chi connectivity index (χ1) is 15.8. The SMILES string of the molecule is COc1ccc(CN(C(=O)CN2C(=O)c3ccccc3S2(=O)=O)[C@H](C)C(=O)NC(C)(C)C)cc1. The second kappa shape index (κ2) is 9.46. The third kappa shape index (κ3) is 5.22. The lowest BCUT2D eigenvalue weighted by molar-refractivity contribution is -0.141. The Morgan fingerprint density at radius 1 is 1.09 bits per heavy atom. The van der Waals surface area contributed by atoms with Crippen molar-refractivity contribution in [2.45, 2.75) is 50.7 Å². The van der Waals surface area contributed by atoms with Gasteiger partial charge in [0.1, 0.15) is 23.2 Å². The molecule has 1 heterocycles. The Morgan fingerprint density at radius 3 is 2.26 bits per heavy atom. The molecule has 0 aromatic heterocycles. The van der Waals surface area contributed by atoms with Crippen molar-refractivity contribution < 1.29 is 27.5 Å². The molecule has 0 unspecified atom stereocenters. The van der Waals surface area contributed by atoms with Crippen LogP contribution in [-0.4, -0.2) is 60.6 Å². The van der Waals surface area contributed by atoms with Gasteiger partial charge in [0.05, 0.1) is 12.7 Å². The molecular formula is C24H29N3O6S. The van der Waals surface area contributed by atoms with Crippen LogP contribution >= 0.6 is 0 Å². The van der Waals surface area contributed by atoms with E-state index in [1.54, 1.807) is 37.3 Å². The number of carbonyl (C=O) groups is 3. The molecule has 1 aliphatic heterocycles. The molecule has 1 atom stereocenters. The van der Waals surface area contributed by atoms with Gasteiger partial charge in [-0.3, -0.25) is 14.4 Å². The highest BCUT2D eigenvalue weighted by molar-refractivity contribution is 7.90. The summed E-state index contributed by atoms with van der Waals surface area (Å²) in [5.41, 5.74) is 0.203. The summed E-state index contributed by atoms with van der Waals surface area (Å²) in [6.45, 7) is 6.35. The van der Waals surface area contributed by atoms with E-state index in [0.717, 1.165) is 0 Å². The van der Waals surface area contributed by atoms with E-state index in [-0.39, 0.29) is 17.0 Å². The monoisotopic (exact) mass is 487 g/mol. The van der Waals surface area contributed by atoms with Crippen LogP contribution in [0.5, 0.6) is 5.75 Å². The molecule has 0 fully saturated rings. The first-order valence-electron chi connectivity index (χ1n) is 10.8. The molecule has 0 saturated heterocycles. The zero-order valence-corrected chi connectivity index (χ0v) is 20.7. The number of benzene rings is 2. The third-order valence-corrected chi connectivity index (χ3v) is 7.16. The summed E-state index contributed by atoms with van der Waals surface area (Å²) in [5, 5.41) is 2.84. The third-order valence-electron chi connectivity index (χ3n) is 5.37. The van der Waals surface area contributed by atoms with Crippen LogP contribution in [0.1, 0.15) is 43.6 Å². The van der Waals surface area contributed by atoms with Crippen molar-refractivity contribution >= 4 is 27.7 Å². The topological polar surface area (TPSA) is 113 Å². The number of hydrogen-bond donors (Lipinski definition) is 1. The van der Waals surface area contributed by atoms with Crippen LogP contribution < -0.4 is 10.1 Å². The fourth-order valence-electron chi connectivity index (χ4n) is 3.59. The molecule has 0 saturated carbocycles. The number of nitrogens with zero attached hydrogens (tertiary/aromatic N) is 2. The maximum Gasteiger partial charge on any atom is 0.269 e. The largest absolute Gasteiger partial charge is 0.497 e. The van der Waals surface area contributed by atoms with Gasteiger partial charge >= 0.3 is 0 Å². The molecule has 1 N–H and O–H groups in total. The average Bonchev–Trinajstić information content (AvgIpc) is 2.97. The summed E-state index contributed by atoms with van der Waals surface area (Å²) in [5.74, 6) is -1.20. The fourth-order valence-corrected chi connectivity index (χ4v) is 5.10. The summed E-state index contributed by atoms with van der Waals surface area (Å²) >= 11 is 0. The molecule has 3 amide bonds. The maximum atomic E-state index is 13.4. The molecule has 34 heavy (non-hydrogen) atoms. The van der Waals surface area contributed by atoms with E-state index in [0.29, 0.717) is 15.6 Å². The number of ether oxygens (including phenoxy) is 1. The number of amides is 3. The Kier molecular flexibility index (Phi) is 7.02. The zero-order chi connectivity index (χ0) is 25.3. The minimum absolute atomic E-state index is 0.0236. The van der Waals surface area contributed by atoms with E-state index in [4.69, 9.17) is 4.74 Å². The molecule has 10 heteroatoms. The van der Waals surface area contributed by atoms with Crippen molar-refractivity contribution in [3.63, 3.8) is 0 Å². The molecule has 0 spiro atoms. The fraction of sp³-hybridized carbons (Fsp3) is 0.375. The van der Waals surface area contributed by atoms with Crippen molar-refractivity contribution in [2.75, 3.05) is 13.7 Å². The van der Waals surface area contributed by atoms with Gasteiger partial charge in [0.2, 0.25) is 11.8 Å². The van der Waals surface area contributed by atoms with Crippen LogP contribution in [0.4, 0.5) is 0 Å². The minimum Gasteiger partial charge on any atom is -0.497 e. The van der Waals surface area contributed by atoms with Crippen molar-refractivity contribution in [3.8, 4) is 5.75 Å². The van der Waals surface area contributed by atoms with Crippen molar-refractivity contribution in [3.05, 3.63) is 59.7 Å². The Hall–Kier alpha value is -3.40. The molecule has 9 nitrogen and oxygen atoms in total. The van der Waals surface area contributed by atoms with Crippen LogP contribution in [0.15, 0.2) is 53.4 Å². The van der Waals surface area contributed by atoms with Gasteiger partial charge < -0.3 is 15.0 Å². The number of sulfonamides is 1. The molecule has 2 aromatic rings. The molecule has 0 bridgehead atoms. The van der Waals surface area contributed by atoms with E-state index < -0.39 is 45.9 Å². The van der Waals surface area contributed by atoms with Crippen molar-refractivity contribution in [1.29, 1.82) is 0 Å². The predicted octanol–water partition coefficient (Wildman–Crippen LogP) is 2.17. The number of carbonyl (C=O) groups excluding carboxylic acids is 3. The average molecular weight is 488 g/mol. The first kappa shape index (κ1) is 25.2. The summed E-state index contributed by atoms with van der Waals surface area (Å²) < 4.78 is 31.6. The molecule has 2 aromatic carbocycles. The van der Waals surface area contributed by atoms with E-state index in [2.05, 4.69) is 5.32 Å². The van der Waals surface area contributed by atoms with Crippen LogP contribution in [0, 0.1) is 0 Å².